The van der Waals surface area contributed by atoms with Crippen LogP contribution < -0.4 is 10.9 Å². The summed E-state index contributed by atoms with van der Waals surface area (Å²) in [6.07, 6.45) is 4.65. The fourth-order valence-corrected chi connectivity index (χ4v) is 3.81. The van der Waals surface area contributed by atoms with Crippen LogP contribution in [0.15, 0.2) is 17.2 Å². The summed E-state index contributed by atoms with van der Waals surface area (Å²) in [4.78, 5) is 21.8. The fourth-order valence-electron chi connectivity index (χ4n) is 3.81. The minimum atomic E-state index is -0.732. The van der Waals surface area contributed by atoms with Gasteiger partial charge in [0.05, 0.1) is 30.6 Å². The topological polar surface area (TPSA) is 100 Å². The predicted molar refractivity (Wildman–Crippen MR) is 98.2 cm³/mol. The Kier molecular flexibility index (Phi) is 4.77. The van der Waals surface area contributed by atoms with E-state index in [9.17, 15) is 15.0 Å². The van der Waals surface area contributed by atoms with E-state index in [2.05, 4.69) is 15.3 Å². The van der Waals surface area contributed by atoms with E-state index in [1.807, 2.05) is 13.0 Å². The number of hydrogen-bond donors (Lipinski definition) is 3. The molecule has 3 heterocycles. The van der Waals surface area contributed by atoms with E-state index < -0.39 is 12.2 Å². The summed E-state index contributed by atoms with van der Waals surface area (Å²) in [5.74, 6) is 0.468. The first-order valence-corrected chi connectivity index (χ1v) is 9.49. The minimum absolute atomic E-state index is 0.135. The second kappa shape index (κ2) is 7.06. The summed E-state index contributed by atoms with van der Waals surface area (Å²) in [6, 6.07) is 1.89. The van der Waals surface area contributed by atoms with Crippen molar-refractivity contribution in [3.8, 4) is 0 Å². The second-order valence-electron chi connectivity index (χ2n) is 7.70. The lowest BCUT2D eigenvalue weighted by Crippen LogP contribution is -2.47. The first-order valence-electron chi connectivity index (χ1n) is 9.49. The van der Waals surface area contributed by atoms with Crippen LogP contribution in [-0.2, 0) is 6.54 Å². The molecule has 0 bridgehead atoms. The molecule has 4 rings (SSSR count). The number of pyridine rings is 1. The summed E-state index contributed by atoms with van der Waals surface area (Å²) in [5.41, 5.74) is 2.75. The van der Waals surface area contributed by atoms with Crippen LogP contribution in [-0.4, -0.2) is 49.5 Å². The highest BCUT2D eigenvalue weighted by Crippen LogP contribution is 2.39. The van der Waals surface area contributed by atoms with Crippen molar-refractivity contribution >= 4 is 11.0 Å². The third-order valence-corrected chi connectivity index (χ3v) is 5.47. The van der Waals surface area contributed by atoms with Crippen LogP contribution in [0.2, 0.25) is 0 Å². The molecule has 0 radical (unpaired) electrons. The Labute approximate surface area is 152 Å². The molecule has 2 fully saturated rings. The Hall–Kier alpha value is -1.83. The molecule has 0 amide bonds. The number of aliphatic hydroxyl groups excluding tert-OH is 2. The summed E-state index contributed by atoms with van der Waals surface area (Å²) in [5, 5.41) is 23.7. The van der Waals surface area contributed by atoms with Gasteiger partial charge in [0.1, 0.15) is 0 Å². The van der Waals surface area contributed by atoms with Gasteiger partial charge < -0.3 is 15.5 Å². The van der Waals surface area contributed by atoms with Gasteiger partial charge >= 0.3 is 0 Å². The summed E-state index contributed by atoms with van der Waals surface area (Å²) < 4.78 is 1.44. The summed E-state index contributed by atoms with van der Waals surface area (Å²) in [6.45, 7) is 2.96. The Morgan fingerprint density at radius 3 is 2.88 bits per heavy atom. The molecule has 1 aliphatic heterocycles. The molecule has 0 aromatic carbocycles. The summed E-state index contributed by atoms with van der Waals surface area (Å²) in [7, 11) is 0. The maximum absolute atomic E-state index is 12.9. The van der Waals surface area contributed by atoms with E-state index in [1.165, 1.54) is 10.9 Å². The van der Waals surface area contributed by atoms with E-state index in [0.29, 0.717) is 23.4 Å². The van der Waals surface area contributed by atoms with Gasteiger partial charge in [-0.25, -0.2) is 9.97 Å². The highest BCUT2D eigenvalue weighted by atomic mass is 16.3. The van der Waals surface area contributed by atoms with Crippen molar-refractivity contribution in [2.45, 2.75) is 69.7 Å². The van der Waals surface area contributed by atoms with Gasteiger partial charge in [0, 0.05) is 17.7 Å². The first-order chi connectivity index (χ1) is 12.5. The molecule has 26 heavy (non-hydrogen) atoms. The first kappa shape index (κ1) is 17.6. The molecule has 1 unspecified atom stereocenters. The average Bonchev–Trinajstić information content (AvgIpc) is 3.45. The van der Waals surface area contributed by atoms with Gasteiger partial charge in [-0.1, -0.05) is 0 Å². The van der Waals surface area contributed by atoms with Gasteiger partial charge in [0.25, 0.3) is 5.56 Å². The fraction of sp³-hybridized carbons (Fsp3) is 0.632. The number of nitrogens with zero attached hydrogens (tertiary/aromatic N) is 3. The lowest BCUT2D eigenvalue weighted by atomic mass is 9.96. The number of rotatable bonds is 5. The van der Waals surface area contributed by atoms with Crippen molar-refractivity contribution < 1.29 is 10.2 Å². The summed E-state index contributed by atoms with van der Waals surface area (Å²) >= 11 is 0. The molecule has 1 saturated carbocycles. The van der Waals surface area contributed by atoms with Gasteiger partial charge in [-0.15, -0.1) is 0 Å². The standard InChI is InChI=1S/C19H26N4O3/c1-11-7-14(12-4-5-12)22-18-17(11)21-10-23(19(18)26)9-13(24)8-15-16(25)3-2-6-20-15/h7,10,12-13,15-16,20,24-25H,2-6,8-9H2,1H3/t13?,15-,16+/m1/s1. The molecule has 7 nitrogen and oxygen atoms in total. The average molecular weight is 358 g/mol. The molecule has 2 aliphatic rings. The second-order valence-corrected chi connectivity index (χ2v) is 7.70. The normalized spacial score (nSPS) is 24.7. The van der Waals surface area contributed by atoms with E-state index >= 15 is 0 Å². The lowest BCUT2D eigenvalue weighted by Gasteiger charge is -2.30. The zero-order valence-corrected chi connectivity index (χ0v) is 15.1. The maximum Gasteiger partial charge on any atom is 0.279 e. The number of aryl methyl sites for hydroxylation is 1. The lowest BCUT2D eigenvalue weighted by molar-refractivity contribution is 0.0539. The minimum Gasteiger partial charge on any atom is -0.392 e. The molecular weight excluding hydrogens is 332 g/mol. The van der Waals surface area contributed by atoms with Crippen LogP contribution in [0.3, 0.4) is 0 Å². The van der Waals surface area contributed by atoms with Crippen LogP contribution in [0.25, 0.3) is 11.0 Å². The van der Waals surface area contributed by atoms with E-state index in [-0.39, 0.29) is 18.1 Å². The van der Waals surface area contributed by atoms with Gasteiger partial charge in [-0.3, -0.25) is 9.36 Å². The van der Waals surface area contributed by atoms with E-state index in [4.69, 9.17) is 0 Å². The van der Waals surface area contributed by atoms with E-state index in [1.54, 1.807) is 0 Å². The van der Waals surface area contributed by atoms with Crippen molar-refractivity contribution in [3.63, 3.8) is 0 Å². The van der Waals surface area contributed by atoms with Gasteiger partial charge in [-0.05, 0) is 57.2 Å². The van der Waals surface area contributed by atoms with Crippen molar-refractivity contribution in [1.29, 1.82) is 0 Å². The van der Waals surface area contributed by atoms with Gasteiger partial charge in [0.15, 0.2) is 5.52 Å². The highest BCUT2D eigenvalue weighted by molar-refractivity contribution is 5.76. The van der Waals surface area contributed by atoms with Crippen LogP contribution >= 0.6 is 0 Å². The van der Waals surface area contributed by atoms with Crippen LogP contribution in [0, 0.1) is 6.92 Å². The third-order valence-electron chi connectivity index (χ3n) is 5.47. The Bertz CT molecular complexity index is 862. The molecule has 2 aromatic rings. The van der Waals surface area contributed by atoms with Gasteiger partial charge in [-0.2, -0.15) is 0 Å². The molecule has 2 aromatic heterocycles. The largest absolute Gasteiger partial charge is 0.392 e. The number of aliphatic hydroxyl groups is 2. The molecule has 1 saturated heterocycles. The number of aromatic nitrogens is 3. The van der Waals surface area contributed by atoms with E-state index in [0.717, 1.165) is 43.5 Å². The van der Waals surface area contributed by atoms with Crippen molar-refractivity contribution in [2.24, 2.45) is 0 Å². The smallest absolute Gasteiger partial charge is 0.279 e. The van der Waals surface area contributed by atoms with Crippen LogP contribution in [0.5, 0.6) is 0 Å². The Morgan fingerprint density at radius 1 is 1.35 bits per heavy atom. The maximum atomic E-state index is 12.9. The quantitative estimate of drug-likeness (QED) is 0.732. The molecule has 0 spiro atoms. The SMILES string of the molecule is Cc1cc(C2CC2)nc2c(=O)n(CC(O)C[C@H]3NCCC[C@@H]3O)cnc12. The molecule has 7 heteroatoms. The number of piperidine rings is 1. The van der Waals surface area contributed by atoms with Crippen molar-refractivity contribution in [1.82, 2.24) is 19.9 Å². The zero-order chi connectivity index (χ0) is 18.3. The predicted octanol–water partition coefficient (Wildman–Crippen LogP) is 0.841. The third kappa shape index (κ3) is 3.51. The monoisotopic (exact) mass is 358 g/mol. The molecule has 3 atom stereocenters. The van der Waals surface area contributed by atoms with Crippen LogP contribution in [0.1, 0.15) is 49.3 Å². The molecule has 1 aliphatic carbocycles. The van der Waals surface area contributed by atoms with Crippen LogP contribution in [0.4, 0.5) is 0 Å². The molecule has 140 valence electrons. The molecular formula is C19H26N4O3. The number of nitrogens with one attached hydrogen (secondary N) is 1. The van der Waals surface area contributed by atoms with Crippen molar-refractivity contribution in [3.05, 3.63) is 34.0 Å². The number of fused-ring (bicyclic) bond motifs is 1. The Balaban J connectivity index is 1.56. The Morgan fingerprint density at radius 2 is 2.15 bits per heavy atom. The molecule has 3 N–H and O–H groups in total. The highest BCUT2D eigenvalue weighted by Gasteiger charge is 2.27. The van der Waals surface area contributed by atoms with Crippen molar-refractivity contribution in [2.75, 3.05) is 6.54 Å². The van der Waals surface area contributed by atoms with Gasteiger partial charge in [0.2, 0.25) is 0 Å². The number of hydrogen-bond acceptors (Lipinski definition) is 6. The zero-order valence-electron chi connectivity index (χ0n) is 15.1.